The van der Waals surface area contributed by atoms with Crippen LogP contribution in [0, 0.1) is 5.21 Å². The largest absolute Gasteiger partial charge is 0.465 e. The minimum atomic E-state index is -1.05. The molecule has 2 rings (SSSR count). The van der Waals surface area contributed by atoms with Gasteiger partial charge in [-0.2, -0.15) is 0 Å². The van der Waals surface area contributed by atoms with E-state index >= 15 is 0 Å². The predicted molar refractivity (Wildman–Crippen MR) is 65.8 cm³/mol. The van der Waals surface area contributed by atoms with Gasteiger partial charge in [-0.15, -0.1) is 0 Å². The number of nitrogens with zero attached hydrogens (tertiary/aromatic N) is 2. The van der Waals surface area contributed by atoms with Gasteiger partial charge in [0.25, 0.3) is 17.3 Å². The van der Waals surface area contributed by atoms with Gasteiger partial charge in [-0.1, -0.05) is 11.6 Å². The molecular formula is C11H8ClN3O5. The van der Waals surface area contributed by atoms with Gasteiger partial charge in [0.05, 0.1) is 12.7 Å². The molecule has 1 amide bonds. The number of hydrogen-bond donors (Lipinski definition) is 1. The highest BCUT2D eigenvalue weighted by atomic mass is 35.5. The van der Waals surface area contributed by atoms with Gasteiger partial charge in [-0.3, -0.25) is 9.42 Å². The van der Waals surface area contributed by atoms with Crippen LogP contribution < -0.4 is 10.6 Å². The Hall–Kier alpha value is -2.61. The number of amides is 1. The second kappa shape index (κ2) is 5.17. The molecule has 104 valence electrons. The summed E-state index contributed by atoms with van der Waals surface area (Å²) in [6.45, 7) is 0. The van der Waals surface area contributed by atoms with Crippen LogP contribution in [0.25, 0.3) is 11.3 Å². The van der Waals surface area contributed by atoms with Crippen molar-refractivity contribution in [1.82, 2.24) is 5.16 Å². The summed E-state index contributed by atoms with van der Waals surface area (Å²) in [4.78, 5) is 22.8. The Balaban J connectivity index is 2.72. The maximum absolute atomic E-state index is 11.7. The number of nitrogens with two attached hydrogens (primary N) is 1. The highest BCUT2D eigenvalue weighted by molar-refractivity contribution is 6.31. The van der Waals surface area contributed by atoms with E-state index in [0.29, 0.717) is 0 Å². The monoisotopic (exact) mass is 297 g/mol. The lowest BCUT2D eigenvalue weighted by Crippen LogP contribution is -2.34. The lowest BCUT2D eigenvalue weighted by atomic mass is 10.0. The topological polar surface area (TPSA) is 122 Å². The molecule has 20 heavy (non-hydrogen) atoms. The van der Waals surface area contributed by atoms with E-state index in [-0.39, 0.29) is 26.7 Å². The minimum Gasteiger partial charge on any atom is -0.465 e. The van der Waals surface area contributed by atoms with E-state index in [2.05, 4.69) is 14.5 Å². The van der Waals surface area contributed by atoms with Gasteiger partial charge in [-0.05, 0) is 23.1 Å². The van der Waals surface area contributed by atoms with Gasteiger partial charge in [0, 0.05) is 15.7 Å². The number of aromatic nitrogens is 2. The predicted octanol–water partition coefficient (Wildman–Crippen LogP) is 0.514. The normalized spacial score (nSPS) is 10.3. The number of carbonyl (C=O) groups is 2. The molecule has 1 aromatic carbocycles. The summed E-state index contributed by atoms with van der Waals surface area (Å²) in [5.41, 5.74) is 4.54. The smallest absolute Gasteiger partial charge is 0.338 e. The molecule has 2 N–H and O–H groups in total. The zero-order valence-corrected chi connectivity index (χ0v) is 10.9. The lowest BCUT2D eigenvalue weighted by molar-refractivity contribution is -0.803. The number of ether oxygens (including phenoxy) is 1. The van der Waals surface area contributed by atoms with Crippen LogP contribution in [0.5, 0.6) is 0 Å². The van der Waals surface area contributed by atoms with Gasteiger partial charge in [0.15, 0.2) is 0 Å². The third-order valence-electron chi connectivity index (χ3n) is 2.49. The molecule has 0 bridgehead atoms. The van der Waals surface area contributed by atoms with Crippen molar-refractivity contribution in [2.75, 3.05) is 7.11 Å². The third-order valence-corrected chi connectivity index (χ3v) is 2.72. The molecule has 0 aliphatic rings. The molecule has 0 spiro atoms. The summed E-state index contributed by atoms with van der Waals surface area (Å²) in [5, 5.41) is 15.0. The summed E-state index contributed by atoms with van der Waals surface area (Å²) < 4.78 is 8.94. The highest BCUT2D eigenvalue weighted by Crippen LogP contribution is 2.27. The molecule has 0 fully saturated rings. The van der Waals surface area contributed by atoms with E-state index in [1.165, 1.54) is 25.3 Å². The third kappa shape index (κ3) is 2.28. The molecule has 1 aromatic heterocycles. The quantitative estimate of drug-likeness (QED) is 0.650. The molecule has 0 saturated carbocycles. The van der Waals surface area contributed by atoms with Crippen molar-refractivity contribution in [1.29, 1.82) is 0 Å². The van der Waals surface area contributed by atoms with E-state index in [9.17, 15) is 14.8 Å². The van der Waals surface area contributed by atoms with Crippen molar-refractivity contribution >= 4 is 23.5 Å². The van der Waals surface area contributed by atoms with Crippen molar-refractivity contribution in [3.8, 4) is 11.3 Å². The molecule has 1 heterocycles. The first-order valence-corrected chi connectivity index (χ1v) is 5.61. The van der Waals surface area contributed by atoms with Gasteiger partial charge >= 0.3 is 5.97 Å². The van der Waals surface area contributed by atoms with Gasteiger partial charge < -0.3 is 15.7 Å². The molecule has 0 atom stereocenters. The number of methoxy groups -OCH3 is 1. The first-order chi connectivity index (χ1) is 9.45. The van der Waals surface area contributed by atoms with E-state index in [0.717, 1.165) is 0 Å². The van der Waals surface area contributed by atoms with Gasteiger partial charge in [-0.25, -0.2) is 4.79 Å². The van der Waals surface area contributed by atoms with Crippen LogP contribution in [0.4, 0.5) is 0 Å². The number of halogens is 1. The van der Waals surface area contributed by atoms with Crippen molar-refractivity contribution < 1.29 is 23.9 Å². The van der Waals surface area contributed by atoms with Gasteiger partial charge in [0.1, 0.15) is 0 Å². The zero-order chi connectivity index (χ0) is 14.9. The van der Waals surface area contributed by atoms with Crippen LogP contribution in [0.3, 0.4) is 0 Å². The average Bonchev–Trinajstić information content (AvgIpc) is 2.79. The maximum atomic E-state index is 11.7. The van der Waals surface area contributed by atoms with Crippen LogP contribution >= 0.6 is 11.6 Å². The molecule has 0 aliphatic heterocycles. The fraction of sp³-hybridized carbons (Fsp3) is 0.0909. The number of hydrogen-bond acceptors (Lipinski definition) is 6. The molecular weight excluding hydrogens is 290 g/mol. The Bertz CT molecular complexity index is 697. The molecule has 9 heteroatoms. The Labute approximate surface area is 117 Å². The van der Waals surface area contributed by atoms with E-state index < -0.39 is 17.6 Å². The standard InChI is InChI=1S/C11H8ClN3O5/c1-19-11(17)6-3-2-5(12)4-7(6)8-9(10(13)16)15(18)20-14-8/h2-4H,1H3,(H2,13,16). The van der Waals surface area contributed by atoms with Crippen LogP contribution in [0.1, 0.15) is 20.8 Å². The Morgan fingerprint density at radius 1 is 1.50 bits per heavy atom. The van der Waals surface area contributed by atoms with Gasteiger partial charge in [0.2, 0.25) is 0 Å². The summed E-state index contributed by atoms with van der Waals surface area (Å²) in [5.74, 6) is -1.74. The fourth-order valence-electron chi connectivity index (χ4n) is 1.63. The second-order valence-corrected chi connectivity index (χ2v) is 4.11. The van der Waals surface area contributed by atoms with Crippen molar-refractivity contribution in [2.45, 2.75) is 0 Å². The summed E-state index contributed by atoms with van der Waals surface area (Å²) in [6, 6.07) is 4.17. The molecule has 2 aromatic rings. The van der Waals surface area contributed by atoms with Crippen LogP contribution in [-0.2, 0) is 4.74 Å². The average molecular weight is 298 g/mol. The summed E-state index contributed by atoms with van der Waals surface area (Å²) in [6.07, 6.45) is 0. The van der Waals surface area contributed by atoms with E-state index in [4.69, 9.17) is 17.3 Å². The fourth-order valence-corrected chi connectivity index (χ4v) is 1.80. The van der Waals surface area contributed by atoms with E-state index in [1.807, 2.05) is 0 Å². The van der Waals surface area contributed by atoms with Crippen molar-refractivity contribution in [3.05, 3.63) is 39.7 Å². The Kier molecular flexibility index (Phi) is 3.57. The number of primary amides is 1. The molecule has 0 saturated heterocycles. The minimum absolute atomic E-state index is 0.0632. The van der Waals surface area contributed by atoms with Crippen molar-refractivity contribution in [3.63, 3.8) is 0 Å². The number of carbonyl (C=O) groups excluding carboxylic acids is 2. The van der Waals surface area contributed by atoms with E-state index in [1.54, 1.807) is 0 Å². The number of benzene rings is 1. The van der Waals surface area contributed by atoms with Crippen LogP contribution in [0.2, 0.25) is 5.02 Å². The SMILES string of the molecule is COC(=O)c1ccc(Cl)cc1-c1no[n+]([O-])c1C(N)=O. The molecule has 0 radical (unpaired) electrons. The first kappa shape index (κ1) is 13.8. The maximum Gasteiger partial charge on any atom is 0.338 e. The highest BCUT2D eigenvalue weighted by Gasteiger charge is 2.29. The first-order valence-electron chi connectivity index (χ1n) is 5.23. The Morgan fingerprint density at radius 3 is 2.80 bits per heavy atom. The number of esters is 1. The second-order valence-electron chi connectivity index (χ2n) is 3.67. The van der Waals surface area contributed by atoms with Crippen LogP contribution in [-0.4, -0.2) is 24.1 Å². The van der Waals surface area contributed by atoms with Crippen LogP contribution in [0.15, 0.2) is 22.8 Å². The lowest BCUT2D eigenvalue weighted by Gasteiger charge is -2.04. The zero-order valence-electron chi connectivity index (χ0n) is 10.1. The van der Waals surface area contributed by atoms with Crippen molar-refractivity contribution in [2.24, 2.45) is 5.73 Å². The summed E-state index contributed by atoms with van der Waals surface area (Å²) in [7, 11) is 1.19. The Morgan fingerprint density at radius 2 is 2.20 bits per heavy atom. The molecule has 8 nitrogen and oxygen atoms in total. The molecule has 0 unspecified atom stereocenters. The number of rotatable bonds is 3. The summed E-state index contributed by atoms with van der Waals surface area (Å²) >= 11 is 5.84. The molecule has 0 aliphatic carbocycles.